The molecular weight excluding hydrogens is 584 g/mol. The quantitative estimate of drug-likeness (QED) is 0.278. The van der Waals surface area contributed by atoms with E-state index >= 15 is 0 Å². The monoisotopic (exact) mass is 630 g/mol. The fraction of sp³-hybridized carbons (Fsp3) is 0.552. The predicted molar refractivity (Wildman–Crippen MR) is 144 cm³/mol. The summed E-state index contributed by atoms with van der Waals surface area (Å²) in [7, 11) is 0. The van der Waals surface area contributed by atoms with Crippen LogP contribution >= 0.6 is 6.41 Å². The number of hydrogen-bond donors (Lipinski definition) is 0. The van der Waals surface area contributed by atoms with Crippen molar-refractivity contribution in [3.8, 4) is 6.57 Å². The van der Waals surface area contributed by atoms with Gasteiger partial charge in [-0.2, -0.15) is 0 Å². The molecule has 0 aliphatic heterocycles. The zero-order valence-corrected chi connectivity index (χ0v) is 25.9. The Balaban J connectivity index is 0.000000648. The first-order chi connectivity index (χ1) is 14.3. The van der Waals surface area contributed by atoms with Crippen molar-refractivity contribution in [1.82, 2.24) is 0 Å². The van der Waals surface area contributed by atoms with E-state index in [9.17, 15) is 0 Å². The zero-order chi connectivity index (χ0) is 25.4. The van der Waals surface area contributed by atoms with E-state index in [1.54, 1.807) is 0 Å². The van der Waals surface area contributed by atoms with Gasteiger partial charge in [-0.25, -0.2) is 0 Å². The third-order valence-electron chi connectivity index (χ3n) is 4.72. The van der Waals surface area contributed by atoms with E-state index in [0.29, 0.717) is 0 Å². The fourth-order valence-corrected chi connectivity index (χ4v) is 5.49. The van der Waals surface area contributed by atoms with Gasteiger partial charge in [0.05, 0.1) is 0 Å². The van der Waals surface area contributed by atoms with Gasteiger partial charge in [0.1, 0.15) is 0 Å². The molecular formula is C29H45NOsP+. The van der Waals surface area contributed by atoms with E-state index in [1.165, 1.54) is 28.4 Å². The van der Waals surface area contributed by atoms with Gasteiger partial charge in [0.2, 0.25) is 0 Å². The Labute approximate surface area is 210 Å². The van der Waals surface area contributed by atoms with Crippen LogP contribution in [0.5, 0.6) is 0 Å². The number of rotatable bonds is 1. The molecule has 0 heterocycles. The molecule has 0 radical (unpaired) electrons. The molecule has 0 aliphatic rings. The van der Waals surface area contributed by atoms with Gasteiger partial charge in [-0.15, -0.1) is 0 Å². The molecule has 0 N–H and O–H groups in total. The summed E-state index contributed by atoms with van der Waals surface area (Å²) < 4.78 is 0. The van der Waals surface area contributed by atoms with Crippen LogP contribution in [0.25, 0.3) is 4.85 Å². The summed E-state index contributed by atoms with van der Waals surface area (Å²) >= 11 is 2.05. The van der Waals surface area contributed by atoms with Crippen LogP contribution in [0.15, 0.2) is 48.5 Å². The molecule has 0 bridgehead atoms. The molecule has 0 amide bonds. The van der Waals surface area contributed by atoms with Gasteiger partial charge in [-0.1, -0.05) is 41.2 Å². The first-order valence-electron chi connectivity index (χ1n) is 11.3. The second-order valence-electron chi connectivity index (χ2n) is 12.2. The van der Waals surface area contributed by atoms with Gasteiger partial charge in [-0.3, -0.25) is 0 Å². The molecule has 0 unspecified atom stereocenters. The summed E-state index contributed by atoms with van der Waals surface area (Å²) in [5.41, 5.74) is 5.04. The topological polar surface area (TPSA) is 4.36 Å². The van der Waals surface area contributed by atoms with Gasteiger partial charge in [0.25, 0.3) is 12.1 Å². The summed E-state index contributed by atoms with van der Waals surface area (Å²) in [5, 5.41) is 1.54. The maximum Gasteiger partial charge on any atom is -0.0623 e. The van der Waals surface area contributed by atoms with Crippen LogP contribution in [-0.4, -0.2) is 5.54 Å². The molecule has 2 rings (SSSR count). The first kappa shape index (κ1) is 30.9. The van der Waals surface area contributed by atoms with Crippen molar-refractivity contribution in [2.45, 2.75) is 105 Å². The van der Waals surface area contributed by atoms with Crippen molar-refractivity contribution < 1.29 is 17.6 Å². The number of benzene rings is 2. The Hall–Kier alpha value is -1.13. The molecule has 32 heavy (non-hydrogen) atoms. The van der Waals surface area contributed by atoms with E-state index in [2.05, 4.69) is 79.3 Å². The molecule has 0 aromatic heterocycles. The van der Waals surface area contributed by atoms with Gasteiger partial charge >= 0.3 is 137 Å². The van der Waals surface area contributed by atoms with Gasteiger partial charge in [-0.05, 0) is 0 Å². The van der Waals surface area contributed by atoms with Crippen molar-refractivity contribution in [3.05, 3.63) is 70.1 Å². The van der Waals surface area contributed by atoms with Gasteiger partial charge < -0.3 is 0 Å². The van der Waals surface area contributed by atoms with Gasteiger partial charge in [0, 0.05) is 20.8 Å². The zero-order valence-electron chi connectivity index (χ0n) is 22.4. The average Bonchev–Trinajstić information content (AvgIpc) is 2.66. The van der Waals surface area contributed by atoms with Crippen LogP contribution in [0, 0.1) is 6.57 Å². The Morgan fingerprint density at radius 2 is 0.906 bits per heavy atom. The van der Waals surface area contributed by atoms with Crippen LogP contribution < -0.4 is 5.30 Å². The van der Waals surface area contributed by atoms with Crippen molar-refractivity contribution in [2.24, 2.45) is 0 Å². The Kier molecular flexibility index (Phi) is 11.9. The second-order valence-corrected chi connectivity index (χ2v) is 14.5. The summed E-state index contributed by atoms with van der Waals surface area (Å²) in [6, 6.07) is 16.9. The maximum atomic E-state index is 4.93. The fourth-order valence-electron chi connectivity index (χ4n) is 2.68. The Morgan fingerprint density at radius 1 is 0.625 bits per heavy atom. The molecule has 2 aromatic rings. The van der Waals surface area contributed by atoms with Crippen LogP contribution in [-0.2, 0) is 33.9 Å². The smallest absolute Gasteiger partial charge is 0.0623 e. The summed E-state index contributed by atoms with van der Waals surface area (Å²) in [6.45, 7) is 31.7. The van der Waals surface area contributed by atoms with E-state index in [4.69, 9.17) is 6.57 Å². The molecule has 0 fully saturated rings. The van der Waals surface area contributed by atoms with Crippen LogP contribution in [0.2, 0.25) is 0 Å². The molecule has 3 heteroatoms. The van der Waals surface area contributed by atoms with Crippen molar-refractivity contribution in [2.75, 3.05) is 0 Å². The van der Waals surface area contributed by atoms with E-state index in [1.807, 2.05) is 74.8 Å². The number of hydrogen-bond acceptors (Lipinski definition) is 0. The van der Waals surface area contributed by atoms with Crippen LogP contribution in [0.4, 0.5) is 0 Å². The molecule has 0 saturated heterocycles. The van der Waals surface area contributed by atoms with Crippen molar-refractivity contribution >= 4 is 11.7 Å². The summed E-state index contributed by atoms with van der Waals surface area (Å²) in [4.78, 5) is 3.52. The molecule has 0 aliphatic carbocycles. The minimum absolute atomic E-state index is 0.0556. The predicted octanol–water partition coefficient (Wildman–Crippen LogP) is 9.05. The third kappa shape index (κ3) is 11.6. The standard InChI is InChI=1S/C18H29P.C6H6.C5H10N.Os/c1-16(2,3)12-10-13(17(4,5)6)15(19)14(11-12)18(7,8)9;1-2-4-6-5-3-1;1-5(2,3)6-4;/h10-11H,1-9H3;1-6H;4H,1-3H3;/q;;+1;. The normalized spacial score (nSPS) is 12.1. The number of nitrogens with zero attached hydrogens (tertiary/aromatic N) is 1. The maximum absolute atomic E-state index is 4.93. The largest absolute Gasteiger partial charge is 0.0623 e. The van der Waals surface area contributed by atoms with Gasteiger partial charge in [0.15, 0.2) is 0 Å². The average molecular weight is 629 g/mol. The van der Waals surface area contributed by atoms with Crippen molar-refractivity contribution in [3.63, 3.8) is 0 Å². The van der Waals surface area contributed by atoms with E-state index in [-0.39, 0.29) is 21.8 Å². The Morgan fingerprint density at radius 3 is 1.06 bits per heavy atom. The van der Waals surface area contributed by atoms with Crippen LogP contribution in [0.3, 0.4) is 0 Å². The Bertz CT molecular complexity index is 819. The second kappa shape index (κ2) is 12.4. The minimum atomic E-state index is -0.0556. The molecule has 2 aromatic carbocycles. The molecule has 0 saturated carbocycles. The molecule has 178 valence electrons. The third-order valence-corrected chi connectivity index (χ3v) is 7.07. The first-order valence-corrected chi connectivity index (χ1v) is 15.4. The van der Waals surface area contributed by atoms with Crippen molar-refractivity contribution in [1.29, 1.82) is 0 Å². The summed E-state index contributed by atoms with van der Waals surface area (Å²) in [6.07, 6.45) is 1.40. The van der Waals surface area contributed by atoms with Crippen LogP contribution in [0.1, 0.15) is 99.8 Å². The minimum Gasteiger partial charge on any atom is -0.0623 e. The molecule has 1 nitrogen and oxygen atoms in total. The summed E-state index contributed by atoms with van der Waals surface area (Å²) in [5.74, 6) is 0. The molecule has 0 atom stereocenters. The molecule has 0 spiro atoms. The van der Waals surface area contributed by atoms with E-state index < -0.39 is 0 Å². The van der Waals surface area contributed by atoms with E-state index in [0.717, 1.165) is 0 Å². The SMILES string of the molecule is C#[N+]C(C)(C)C.CC(C)(C)c1cc(C(C)(C)C)c([P]=[Os])c(C(C)(C)C)c1.c1ccccc1.